The molecular formula is C24H43N3O3. The molecule has 1 unspecified atom stereocenters. The molecule has 1 atom stereocenters. The molecule has 1 aliphatic rings. The van der Waals surface area contributed by atoms with Gasteiger partial charge in [0.2, 0.25) is 0 Å². The van der Waals surface area contributed by atoms with Crippen LogP contribution in [0.3, 0.4) is 0 Å². The third kappa shape index (κ3) is 7.12. The van der Waals surface area contributed by atoms with Crippen LogP contribution in [0.2, 0.25) is 0 Å². The molecule has 1 aromatic carbocycles. The van der Waals surface area contributed by atoms with E-state index in [1.165, 1.54) is 37.7 Å². The van der Waals surface area contributed by atoms with E-state index in [0.717, 1.165) is 13.1 Å². The van der Waals surface area contributed by atoms with Crippen LogP contribution in [0.15, 0.2) is 18.2 Å². The molecule has 0 amide bonds. The summed E-state index contributed by atoms with van der Waals surface area (Å²) in [5.41, 5.74) is 1.44. The highest BCUT2D eigenvalue weighted by molar-refractivity contribution is 5.43. The van der Waals surface area contributed by atoms with Crippen LogP contribution in [0.1, 0.15) is 51.5 Å². The van der Waals surface area contributed by atoms with Crippen LogP contribution in [0.25, 0.3) is 0 Å². The predicted octanol–water partition coefficient (Wildman–Crippen LogP) is 3.13. The lowest BCUT2D eigenvalue weighted by atomic mass is 9.80. The molecule has 1 fully saturated rings. The number of aliphatic hydroxyl groups excluding tert-OH is 1. The van der Waals surface area contributed by atoms with E-state index in [2.05, 4.69) is 49.1 Å². The lowest BCUT2D eigenvalue weighted by molar-refractivity contribution is 0.0668. The first-order valence-corrected chi connectivity index (χ1v) is 11.3. The third-order valence-corrected chi connectivity index (χ3v) is 6.56. The van der Waals surface area contributed by atoms with Gasteiger partial charge in [0, 0.05) is 31.2 Å². The highest BCUT2D eigenvalue weighted by atomic mass is 16.5. The first-order valence-electron chi connectivity index (χ1n) is 11.3. The van der Waals surface area contributed by atoms with Crippen molar-refractivity contribution in [2.75, 3.05) is 47.9 Å². The number of ether oxygens (including phenoxy) is 2. The molecule has 1 saturated carbocycles. The Bertz CT molecular complexity index is 630. The number of aliphatic hydroxyl groups is 1. The van der Waals surface area contributed by atoms with Crippen molar-refractivity contribution < 1.29 is 14.6 Å². The molecular weight excluding hydrogens is 378 g/mol. The van der Waals surface area contributed by atoms with Gasteiger partial charge in [-0.1, -0.05) is 25.3 Å². The van der Waals surface area contributed by atoms with E-state index in [1.807, 2.05) is 19.2 Å². The van der Waals surface area contributed by atoms with Gasteiger partial charge in [0.25, 0.3) is 0 Å². The van der Waals surface area contributed by atoms with E-state index in [0.29, 0.717) is 24.1 Å². The molecule has 172 valence electrons. The Morgan fingerprint density at radius 3 is 2.40 bits per heavy atom. The van der Waals surface area contributed by atoms with Gasteiger partial charge in [-0.05, 0) is 65.5 Å². The highest BCUT2D eigenvalue weighted by Crippen LogP contribution is 2.32. The number of hydrogen-bond donors (Lipinski definition) is 2. The minimum absolute atomic E-state index is 0.246. The molecule has 0 saturated heterocycles. The smallest absolute Gasteiger partial charge is 0.161 e. The summed E-state index contributed by atoms with van der Waals surface area (Å²) in [6, 6.07) is 6.43. The van der Waals surface area contributed by atoms with Crippen LogP contribution in [0.5, 0.6) is 11.5 Å². The average molecular weight is 422 g/mol. The van der Waals surface area contributed by atoms with Crippen molar-refractivity contribution in [3.05, 3.63) is 23.8 Å². The van der Waals surface area contributed by atoms with Crippen LogP contribution < -0.4 is 14.8 Å². The standard InChI is InChI=1S/C24H43N3O3/c1-19(2)27(5)16-21(28)17-30-22-11-10-20(14-23(22)29-6)15-25-18-24(26(3)4)12-8-7-9-13-24/h10-11,14,19,21,25,28H,7-9,12-13,15-18H2,1-6H3. The number of rotatable bonds is 12. The van der Waals surface area contributed by atoms with Crippen LogP contribution in [-0.4, -0.2) is 80.5 Å². The van der Waals surface area contributed by atoms with Gasteiger partial charge in [-0.25, -0.2) is 0 Å². The van der Waals surface area contributed by atoms with Gasteiger partial charge in [0.1, 0.15) is 12.7 Å². The lowest BCUT2D eigenvalue weighted by Gasteiger charge is -2.43. The quantitative estimate of drug-likeness (QED) is 0.541. The van der Waals surface area contributed by atoms with Crippen molar-refractivity contribution in [3.63, 3.8) is 0 Å². The van der Waals surface area contributed by atoms with Crippen molar-refractivity contribution in [1.29, 1.82) is 0 Å². The molecule has 2 rings (SSSR count). The SMILES string of the molecule is COc1cc(CNCC2(N(C)C)CCCCC2)ccc1OCC(O)CN(C)C(C)C. The van der Waals surface area contributed by atoms with Crippen LogP contribution in [0, 0.1) is 0 Å². The summed E-state index contributed by atoms with van der Waals surface area (Å²) in [5, 5.41) is 13.9. The van der Waals surface area contributed by atoms with Crippen LogP contribution in [-0.2, 0) is 6.54 Å². The van der Waals surface area contributed by atoms with E-state index in [9.17, 15) is 5.11 Å². The average Bonchev–Trinajstić information content (AvgIpc) is 2.73. The lowest BCUT2D eigenvalue weighted by Crippen LogP contribution is -2.52. The van der Waals surface area contributed by atoms with E-state index in [1.54, 1.807) is 7.11 Å². The Labute approximate surface area is 183 Å². The van der Waals surface area contributed by atoms with Crippen molar-refractivity contribution in [2.24, 2.45) is 0 Å². The molecule has 30 heavy (non-hydrogen) atoms. The molecule has 0 aromatic heterocycles. The van der Waals surface area contributed by atoms with E-state index < -0.39 is 6.10 Å². The maximum absolute atomic E-state index is 10.2. The van der Waals surface area contributed by atoms with Crippen molar-refractivity contribution >= 4 is 0 Å². The fraction of sp³-hybridized carbons (Fsp3) is 0.750. The number of nitrogens with one attached hydrogen (secondary N) is 1. The number of hydrogen-bond acceptors (Lipinski definition) is 6. The maximum Gasteiger partial charge on any atom is 0.161 e. The molecule has 0 heterocycles. The fourth-order valence-electron chi connectivity index (χ4n) is 4.15. The molecule has 6 heteroatoms. The molecule has 1 aliphatic carbocycles. The summed E-state index contributed by atoms with van der Waals surface area (Å²) in [6.45, 7) is 6.84. The Kier molecular flexibility index (Phi) is 9.88. The summed E-state index contributed by atoms with van der Waals surface area (Å²) in [6.07, 6.45) is 5.98. The van der Waals surface area contributed by atoms with Gasteiger partial charge in [-0.15, -0.1) is 0 Å². The van der Waals surface area contributed by atoms with Gasteiger partial charge in [-0.3, -0.25) is 0 Å². The van der Waals surface area contributed by atoms with Gasteiger partial charge in [0.05, 0.1) is 7.11 Å². The number of nitrogens with zero attached hydrogens (tertiary/aromatic N) is 2. The molecule has 6 nitrogen and oxygen atoms in total. The topological polar surface area (TPSA) is 57.2 Å². The molecule has 2 N–H and O–H groups in total. The maximum atomic E-state index is 10.2. The second-order valence-electron chi connectivity index (χ2n) is 9.27. The largest absolute Gasteiger partial charge is 0.493 e. The van der Waals surface area contributed by atoms with Crippen LogP contribution >= 0.6 is 0 Å². The summed E-state index contributed by atoms with van der Waals surface area (Å²) < 4.78 is 11.4. The van der Waals surface area contributed by atoms with Gasteiger partial charge >= 0.3 is 0 Å². The van der Waals surface area contributed by atoms with Crippen molar-refractivity contribution in [2.45, 2.75) is 70.2 Å². The molecule has 0 radical (unpaired) electrons. The number of benzene rings is 1. The second-order valence-corrected chi connectivity index (χ2v) is 9.27. The minimum atomic E-state index is -0.541. The first-order chi connectivity index (χ1) is 14.3. The Morgan fingerprint density at radius 1 is 1.10 bits per heavy atom. The van der Waals surface area contributed by atoms with Gasteiger partial charge in [-0.2, -0.15) is 0 Å². The van der Waals surface area contributed by atoms with Gasteiger partial charge in [0.15, 0.2) is 11.5 Å². The van der Waals surface area contributed by atoms with Crippen molar-refractivity contribution in [1.82, 2.24) is 15.1 Å². The number of methoxy groups -OCH3 is 1. The first kappa shape index (κ1) is 24.9. The minimum Gasteiger partial charge on any atom is -0.493 e. The summed E-state index contributed by atoms with van der Waals surface area (Å²) >= 11 is 0. The summed E-state index contributed by atoms with van der Waals surface area (Å²) in [4.78, 5) is 4.51. The molecule has 0 bridgehead atoms. The van der Waals surface area contributed by atoms with Crippen LogP contribution in [0.4, 0.5) is 0 Å². The summed E-state index contributed by atoms with van der Waals surface area (Å²) in [7, 11) is 8.07. The predicted molar refractivity (Wildman–Crippen MR) is 123 cm³/mol. The van der Waals surface area contributed by atoms with E-state index in [-0.39, 0.29) is 12.1 Å². The normalized spacial score (nSPS) is 17.5. The Balaban J connectivity index is 1.89. The second kappa shape index (κ2) is 11.9. The Morgan fingerprint density at radius 2 is 1.80 bits per heavy atom. The Hall–Kier alpha value is -1.34. The van der Waals surface area contributed by atoms with Gasteiger partial charge < -0.3 is 29.7 Å². The zero-order valence-corrected chi connectivity index (χ0v) is 19.9. The third-order valence-electron chi connectivity index (χ3n) is 6.56. The zero-order chi connectivity index (χ0) is 22.1. The zero-order valence-electron chi connectivity index (χ0n) is 19.9. The number of likely N-dealkylation sites (N-methyl/N-ethyl adjacent to an activating group) is 2. The molecule has 0 spiro atoms. The van der Waals surface area contributed by atoms with E-state index in [4.69, 9.17) is 9.47 Å². The highest BCUT2D eigenvalue weighted by Gasteiger charge is 2.33. The van der Waals surface area contributed by atoms with Crippen molar-refractivity contribution in [3.8, 4) is 11.5 Å². The van der Waals surface area contributed by atoms with E-state index >= 15 is 0 Å². The summed E-state index contributed by atoms with van der Waals surface area (Å²) in [5.74, 6) is 1.38. The monoisotopic (exact) mass is 421 g/mol. The molecule has 0 aliphatic heterocycles. The molecule has 1 aromatic rings. The fourth-order valence-corrected chi connectivity index (χ4v) is 4.15.